The van der Waals surface area contributed by atoms with Crippen LogP contribution in [-0.4, -0.2) is 18.1 Å². The summed E-state index contributed by atoms with van der Waals surface area (Å²) in [6, 6.07) is 4.41. The zero-order valence-electron chi connectivity index (χ0n) is 9.69. The van der Waals surface area contributed by atoms with E-state index >= 15 is 0 Å². The summed E-state index contributed by atoms with van der Waals surface area (Å²) in [5.74, 6) is 0.985. The van der Waals surface area contributed by atoms with E-state index in [1.807, 2.05) is 12.1 Å². The van der Waals surface area contributed by atoms with E-state index in [-0.39, 0.29) is 0 Å². The first-order valence-electron chi connectivity index (χ1n) is 5.87. The van der Waals surface area contributed by atoms with E-state index in [0.717, 1.165) is 5.82 Å². The second-order valence-corrected chi connectivity index (χ2v) is 4.39. The molecule has 3 heteroatoms. The number of rotatable bonds is 2. The highest BCUT2D eigenvalue weighted by Gasteiger charge is 2.18. The molecular formula is C13H17N3. The first-order valence-corrected chi connectivity index (χ1v) is 5.87. The number of aromatic nitrogens is 1. The Bertz CT molecular complexity index is 371. The van der Waals surface area contributed by atoms with Crippen LogP contribution in [0.25, 0.3) is 4.85 Å². The van der Waals surface area contributed by atoms with Crippen molar-refractivity contribution in [1.29, 1.82) is 0 Å². The maximum Gasteiger partial charge on any atom is 0.205 e. The minimum atomic E-state index is 0.612. The van der Waals surface area contributed by atoms with E-state index in [0.29, 0.717) is 11.7 Å². The largest absolute Gasteiger partial charge is 0.357 e. The molecule has 2 rings (SSSR count). The van der Waals surface area contributed by atoms with Crippen LogP contribution in [0.5, 0.6) is 0 Å². The number of hydrogen-bond donors (Lipinski definition) is 0. The molecule has 1 aromatic rings. The fourth-order valence-corrected chi connectivity index (χ4v) is 2.31. The molecule has 1 aromatic heterocycles. The monoisotopic (exact) mass is 215 g/mol. The molecule has 0 radical (unpaired) electrons. The van der Waals surface area contributed by atoms with Crippen LogP contribution >= 0.6 is 0 Å². The first-order chi connectivity index (χ1) is 7.81. The zero-order valence-corrected chi connectivity index (χ0v) is 9.69. The van der Waals surface area contributed by atoms with Crippen molar-refractivity contribution in [3.05, 3.63) is 29.7 Å². The van der Waals surface area contributed by atoms with Gasteiger partial charge in [0.1, 0.15) is 5.82 Å². The Balaban J connectivity index is 2.07. The summed E-state index contributed by atoms with van der Waals surface area (Å²) in [7, 11) is 2.11. The van der Waals surface area contributed by atoms with Gasteiger partial charge in [0.15, 0.2) is 0 Å². The summed E-state index contributed by atoms with van der Waals surface area (Å²) < 4.78 is 0. The quantitative estimate of drug-likeness (QED) is 0.705. The summed E-state index contributed by atoms with van der Waals surface area (Å²) in [5.41, 5.74) is 0.612. The van der Waals surface area contributed by atoms with Crippen LogP contribution in [0.15, 0.2) is 18.3 Å². The molecule has 1 aliphatic carbocycles. The fourth-order valence-electron chi connectivity index (χ4n) is 2.31. The highest BCUT2D eigenvalue weighted by Crippen LogP contribution is 2.25. The molecular weight excluding hydrogens is 198 g/mol. The molecule has 84 valence electrons. The molecule has 1 heterocycles. The molecule has 0 aromatic carbocycles. The lowest BCUT2D eigenvalue weighted by Crippen LogP contribution is -2.33. The lowest BCUT2D eigenvalue weighted by molar-refractivity contribution is 0.426. The summed E-state index contributed by atoms with van der Waals surface area (Å²) in [6.07, 6.45) is 8.21. The highest BCUT2D eigenvalue weighted by atomic mass is 15.2. The summed E-state index contributed by atoms with van der Waals surface area (Å²) in [5, 5.41) is 0. The zero-order chi connectivity index (χ0) is 11.4. The molecule has 0 saturated heterocycles. The van der Waals surface area contributed by atoms with Crippen LogP contribution in [0, 0.1) is 6.57 Å². The predicted molar refractivity (Wildman–Crippen MR) is 65.8 cm³/mol. The molecule has 3 nitrogen and oxygen atoms in total. The average molecular weight is 215 g/mol. The van der Waals surface area contributed by atoms with Crippen molar-refractivity contribution in [2.45, 2.75) is 38.1 Å². The minimum absolute atomic E-state index is 0.612. The Morgan fingerprint density at radius 1 is 1.31 bits per heavy atom. The van der Waals surface area contributed by atoms with Crippen molar-refractivity contribution >= 4 is 11.5 Å². The van der Waals surface area contributed by atoms with Gasteiger partial charge in [0.25, 0.3) is 0 Å². The normalized spacial score (nSPS) is 16.8. The molecule has 0 unspecified atom stereocenters. The van der Waals surface area contributed by atoms with Crippen molar-refractivity contribution in [2.24, 2.45) is 0 Å². The van der Waals surface area contributed by atoms with Crippen LogP contribution in [0.2, 0.25) is 0 Å². The molecule has 1 fully saturated rings. The second kappa shape index (κ2) is 4.98. The van der Waals surface area contributed by atoms with E-state index in [1.54, 1.807) is 6.20 Å². The molecule has 0 amide bonds. The van der Waals surface area contributed by atoms with Crippen LogP contribution in [-0.2, 0) is 0 Å². The molecule has 16 heavy (non-hydrogen) atoms. The number of nitrogens with zero attached hydrogens (tertiary/aromatic N) is 3. The number of pyridine rings is 1. The molecule has 0 atom stereocenters. The average Bonchev–Trinajstić information content (AvgIpc) is 2.39. The Morgan fingerprint density at radius 2 is 2.06 bits per heavy atom. The smallest absolute Gasteiger partial charge is 0.205 e. The molecule has 0 bridgehead atoms. The van der Waals surface area contributed by atoms with Crippen molar-refractivity contribution in [2.75, 3.05) is 11.9 Å². The third-order valence-corrected chi connectivity index (χ3v) is 3.35. The second-order valence-electron chi connectivity index (χ2n) is 4.39. The van der Waals surface area contributed by atoms with Gasteiger partial charge in [-0.15, -0.1) is 0 Å². The fraction of sp³-hybridized carbons (Fsp3) is 0.538. The van der Waals surface area contributed by atoms with Gasteiger partial charge in [-0.25, -0.2) is 4.85 Å². The van der Waals surface area contributed by atoms with E-state index < -0.39 is 0 Å². The Hall–Kier alpha value is -1.56. The van der Waals surface area contributed by atoms with Crippen molar-refractivity contribution in [3.63, 3.8) is 0 Å². The van der Waals surface area contributed by atoms with Crippen molar-refractivity contribution < 1.29 is 0 Å². The van der Waals surface area contributed by atoms with Crippen molar-refractivity contribution in [3.8, 4) is 0 Å². The Kier molecular flexibility index (Phi) is 3.40. The Labute approximate surface area is 96.9 Å². The summed E-state index contributed by atoms with van der Waals surface area (Å²) in [4.78, 5) is 9.95. The third kappa shape index (κ3) is 2.33. The van der Waals surface area contributed by atoms with Crippen LogP contribution in [0.3, 0.4) is 0 Å². The van der Waals surface area contributed by atoms with E-state index in [2.05, 4.69) is 21.8 Å². The van der Waals surface area contributed by atoms with E-state index in [9.17, 15) is 0 Å². The maximum atomic E-state index is 6.89. The van der Waals surface area contributed by atoms with Gasteiger partial charge in [-0.2, -0.15) is 0 Å². The molecule has 0 aliphatic heterocycles. The molecule has 1 aliphatic rings. The first kappa shape index (κ1) is 10.9. The van der Waals surface area contributed by atoms with Gasteiger partial charge in [0.05, 0.1) is 6.57 Å². The topological polar surface area (TPSA) is 20.5 Å². The van der Waals surface area contributed by atoms with Gasteiger partial charge < -0.3 is 4.90 Å². The lowest BCUT2D eigenvalue weighted by atomic mass is 9.94. The minimum Gasteiger partial charge on any atom is -0.357 e. The van der Waals surface area contributed by atoms with E-state index in [4.69, 9.17) is 6.57 Å². The standard InChI is InChI=1S/C13H17N3/c1-14-11-8-9-13(15-10-11)16(2)12-6-4-3-5-7-12/h8-10,12H,3-7H2,2H3. The van der Waals surface area contributed by atoms with E-state index in [1.165, 1.54) is 32.1 Å². The van der Waals surface area contributed by atoms with Gasteiger partial charge in [-0.05, 0) is 18.9 Å². The third-order valence-electron chi connectivity index (χ3n) is 3.35. The Morgan fingerprint density at radius 3 is 2.62 bits per heavy atom. The molecule has 1 saturated carbocycles. The number of anilines is 1. The van der Waals surface area contributed by atoms with Crippen LogP contribution in [0.1, 0.15) is 32.1 Å². The highest BCUT2D eigenvalue weighted by molar-refractivity contribution is 5.49. The predicted octanol–water partition coefficient (Wildman–Crippen LogP) is 3.40. The van der Waals surface area contributed by atoms with Gasteiger partial charge in [-0.3, -0.25) is 4.98 Å². The number of hydrogen-bond acceptors (Lipinski definition) is 2. The maximum absolute atomic E-state index is 6.89. The van der Waals surface area contributed by atoms with Crippen molar-refractivity contribution in [1.82, 2.24) is 4.98 Å². The summed E-state index contributed by atoms with van der Waals surface area (Å²) in [6.45, 7) is 6.89. The summed E-state index contributed by atoms with van der Waals surface area (Å²) >= 11 is 0. The van der Waals surface area contributed by atoms with Crippen LogP contribution in [0.4, 0.5) is 11.5 Å². The SMILES string of the molecule is [C-]#[N+]c1ccc(N(C)C2CCCCC2)nc1. The lowest BCUT2D eigenvalue weighted by Gasteiger charge is -2.32. The molecule has 0 spiro atoms. The van der Waals surface area contributed by atoms with Gasteiger partial charge in [0, 0.05) is 19.3 Å². The molecule has 0 N–H and O–H groups in total. The van der Waals surface area contributed by atoms with Crippen LogP contribution < -0.4 is 4.90 Å². The van der Waals surface area contributed by atoms with Gasteiger partial charge in [0.2, 0.25) is 5.69 Å². The van der Waals surface area contributed by atoms with Gasteiger partial charge >= 0.3 is 0 Å². The van der Waals surface area contributed by atoms with Gasteiger partial charge in [-0.1, -0.05) is 25.3 Å².